The topological polar surface area (TPSA) is 25.9 Å². The number of nitrogens with zero attached hydrogens (tertiary/aromatic N) is 8. The van der Waals surface area contributed by atoms with Crippen LogP contribution in [0.1, 0.15) is 0 Å². The first-order valence-electron chi connectivity index (χ1n) is 29.6. The van der Waals surface area contributed by atoms with E-state index in [0.29, 0.717) is 0 Å². The molecule has 0 bridgehead atoms. The first-order valence-corrected chi connectivity index (χ1v) is 29.6. The van der Waals surface area contributed by atoms with Gasteiger partial charge in [-0.1, -0.05) is 146 Å². The zero-order valence-corrected chi connectivity index (χ0v) is 47.7. The average molecular weight is 1110 g/mol. The molecule has 8 heteroatoms. The van der Waals surface area contributed by atoms with Crippen LogP contribution >= 0.6 is 0 Å². The molecule has 2 aliphatic rings. The van der Waals surface area contributed by atoms with Gasteiger partial charge >= 0.3 is 0 Å². The summed E-state index contributed by atoms with van der Waals surface area (Å²) in [4.78, 5) is 19.5. The molecule has 86 heavy (non-hydrogen) atoms. The Hall–Kier alpha value is -11.2. The minimum atomic E-state index is 0.757. The average Bonchev–Trinajstić information content (AvgIpc) is 2.08. The van der Waals surface area contributed by atoms with Crippen molar-refractivity contribution < 1.29 is 0 Å². The predicted octanol–water partition coefficient (Wildman–Crippen LogP) is 20.0. The molecule has 0 unspecified atom stereocenters. The molecule has 0 N–H and O–H groups in total. The molecule has 14 rings (SSSR count). The third-order valence-electron chi connectivity index (χ3n) is 16.1. The minimum Gasteiger partial charge on any atom is -0.323 e. The molecule has 0 aliphatic carbocycles. The van der Waals surface area contributed by atoms with Gasteiger partial charge in [0.15, 0.2) is 11.6 Å². The summed E-state index contributed by atoms with van der Waals surface area (Å²) in [6, 6.07) is 122. The molecule has 0 aromatic heterocycles. The first-order chi connectivity index (χ1) is 42.7. The molecule has 0 amide bonds. The number of rotatable bonds is 16. The van der Waals surface area contributed by atoms with Crippen molar-refractivity contribution in [3.8, 4) is 0 Å². The smallest absolute Gasteiger partial charge is 0.156 e. The van der Waals surface area contributed by atoms with Crippen molar-refractivity contribution in [2.45, 2.75) is 0 Å². The van der Waals surface area contributed by atoms with Crippen molar-refractivity contribution >= 4 is 91.0 Å². The van der Waals surface area contributed by atoms with Crippen LogP contribution in [0.25, 0.3) is 0 Å². The maximum Gasteiger partial charge on any atom is 0.156 e. The Morgan fingerprint density at radius 3 is 0.419 bits per heavy atom. The summed E-state index contributed by atoms with van der Waals surface area (Å²) in [5, 5.41) is 0. The SMILES string of the molecule is c1ccc(N(c2ccccc2)c2ccc(N3CCN(c4ccc(N(c5ccccc5)c5ccccc5)cc4)C3=C3N(c4ccc(N(c5ccccc5)c5ccccc5)cc4)CCN3c3ccc(N(c4ccccc4)c4ccccc4)cc3)cc2)cc1. The van der Waals surface area contributed by atoms with Gasteiger partial charge in [0, 0.05) is 117 Å². The molecule has 12 aromatic rings. The summed E-state index contributed by atoms with van der Waals surface area (Å²) < 4.78 is 0. The van der Waals surface area contributed by atoms with Crippen molar-refractivity contribution in [1.82, 2.24) is 0 Å². The van der Waals surface area contributed by atoms with E-state index in [9.17, 15) is 0 Å². The van der Waals surface area contributed by atoms with E-state index in [-0.39, 0.29) is 0 Å². The zero-order chi connectivity index (χ0) is 57.4. The van der Waals surface area contributed by atoms with Gasteiger partial charge in [-0.05, 0) is 194 Å². The van der Waals surface area contributed by atoms with E-state index >= 15 is 0 Å². The van der Waals surface area contributed by atoms with Crippen LogP contribution in [0.3, 0.4) is 0 Å². The molecule has 2 fully saturated rings. The Morgan fingerprint density at radius 1 is 0.151 bits per heavy atom. The Balaban J connectivity index is 0.925. The fourth-order valence-electron chi connectivity index (χ4n) is 12.1. The lowest BCUT2D eigenvalue weighted by Gasteiger charge is -2.34. The van der Waals surface area contributed by atoms with Gasteiger partial charge in [-0.3, -0.25) is 0 Å². The maximum atomic E-state index is 2.54. The molecule has 2 saturated heterocycles. The maximum absolute atomic E-state index is 2.54. The Kier molecular flexibility index (Phi) is 14.9. The number of hydrogen-bond acceptors (Lipinski definition) is 8. The molecular weight excluding hydrogens is 1050 g/mol. The highest BCUT2D eigenvalue weighted by molar-refractivity contribution is 5.84. The van der Waals surface area contributed by atoms with Crippen LogP contribution in [0.5, 0.6) is 0 Å². The van der Waals surface area contributed by atoms with Gasteiger partial charge in [-0.2, -0.15) is 0 Å². The lowest BCUT2D eigenvalue weighted by molar-refractivity contribution is 0.966. The summed E-state index contributed by atoms with van der Waals surface area (Å²) in [7, 11) is 0. The van der Waals surface area contributed by atoms with Crippen molar-refractivity contribution in [2.75, 3.05) is 65.4 Å². The van der Waals surface area contributed by atoms with Gasteiger partial charge in [-0.25, -0.2) is 0 Å². The lowest BCUT2D eigenvalue weighted by Crippen LogP contribution is -2.34. The van der Waals surface area contributed by atoms with Crippen LogP contribution < -0.4 is 39.2 Å². The molecular formula is C78H64N8. The van der Waals surface area contributed by atoms with Crippen molar-refractivity contribution in [3.05, 3.63) is 351 Å². The van der Waals surface area contributed by atoms with E-state index < -0.39 is 0 Å². The summed E-state index contributed by atoms with van der Waals surface area (Å²) >= 11 is 0. The van der Waals surface area contributed by atoms with Gasteiger partial charge in [0.05, 0.1) is 0 Å². The Bertz CT molecular complexity index is 3440. The lowest BCUT2D eigenvalue weighted by atomic mass is 10.1. The second-order valence-corrected chi connectivity index (χ2v) is 21.3. The molecule has 2 aliphatic heterocycles. The van der Waals surface area contributed by atoms with E-state index in [0.717, 1.165) is 129 Å². The quantitative estimate of drug-likeness (QED) is 0.0944. The van der Waals surface area contributed by atoms with Gasteiger partial charge in [0.2, 0.25) is 0 Å². The fourth-order valence-corrected chi connectivity index (χ4v) is 12.1. The van der Waals surface area contributed by atoms with Crippen LogP contribution in [0, 0.1) is 0 Å². The second kappa shape index (κ2) is 24.3. The summed E-state index contributed by atoms with van der Waals surface area (Å²) in [6.07, 6.45) is 0. The molecule has 0 atom stereocenters. The van der Waals surface area contributed by atoms with Crippen molar-refractivity contribution in [3.63, 3.8) is 0 Å². The highest BCUT2D eigenvalue weighted by Gasteiger charge is 2.39. The largest absolute Gasteiger partial charge is 0.323 e. The highest BCUT2D eigenvalue weighted by atomic mass is 15.5. The standard InChI is InChI=1S/C78H64N8/c1-9-25-65(26-10-1)83(66-27-11-2-12-28-66)73-49-41-61(42-50-73)79-57-58-80(62-43-51-74(52-44-62)84(67-29-13-3-14-30-67)68-31-15-4-16-32-68)77(79)78-81(63-45-53-75(54-46-63)85(69-33-17-5-18-34-69)70-35-19-6-20-36-70)59-60-82(78)64-47-55-76(56-48-64)86(71-37-21-7-22-38-71)72-39-23-8-24-40-72/h1-56H,57-60H2. The van der Waals surface area contributed by atoms with Crippen LogP contribution in [-0.4, -0.2) is 26.2 Å². The van der Waals surface area contributed by atoms with Crippen LogP contribution in [-0.2, 0) is 0 Å². The second-order valence-electron chi connectivity index (χ2n) is 21.3. The zero-order valence-electron chi connectivity index (χ0n) is 47.7. The Labute approximate surface area is 505 Å². The first kappa shape index (κ1) is 52.8. The minimum absolute atomic E-state index is 0.757. The van der Waals surface area contributed by atoms with Crippen LogP contribution in [0.15, 0.2) is 351 Å². The van der Waals surface area contributed by atoms with Crippen LogP contribution in [0.4, 0.5) is 91.0 Å². The molecule has 8 nitrogen and oxygen atoms in total. The van der Waals surface area contributed by atoms with E-state index in [1.54, 1.807) is 0 Å². The summed E-state index contributed by atoms with van der Waals surface area (Å²) in [5.41, 5.74) is 17.6. The molecule has 0 radical (unpaired) electrons. The summed E-state index contributed by atoms with van der Waals surface area (Å²) in [6.45, 7) is 3.03. The van der Waals surface area contributed by atoms with E-state index in [1.807, 2.05) is 0 Å². The molecule has 2 heterocycles. The normalized spacial score (nSPS) is 13.0. The van der Waals surface area contributed by atoms with E-state index in [4.69, 9.17) is 0 Å². The third kappa shape index (κ3) is 10.7. The van der Waals surface area contributed by atoms with Crippen molar-refractivity contribution in [1.29, 1.82) is 0 Å². The predicted molar refractivity (Wildman–Crippen MR) is 361 cm³/mol. The van der Waals surface area contributed by atoms with Gasteiger partial charge in [0.1, 0.15) is 0 Å². The number of anilines is 16. The highest BCUT2D eigenvalue weighted by Crippen LogP contribution is 2.45. The van der Waals surface area contributed by atoms with E-state index in [1.165, 1.54) is 0 Å². The third-order valence-corrected chi connectivity index (χ3v) is 16.1. The summed E-state index contributed by atoms with van der Waals surface area (Å²) in [5.74, 6) is 2.21. The van der Waals surface area contributed by atoms with Gasteiger partial charge < -0.3 is 39.2 Å². The molecule has 12 aromatic carbocycles. The molecule has 0 saturated carbocycles. The van der Waals surface area contributed by atoms with Gasteiger partial charge in [-0.15, -0.1) is 0 Å². The number of benzene rings is 12. The van der Waals surface area contributed by atoms with Gasteiger partial charge in [0.25, 0.3) is 0 Å². The number of hydrogen-bond donors (Lipinski definition) is 0. The monoisotopic (exact) mass is 1110 g/mol. The van der Waals surface area contributed by atoms with E-state index in [2.05, 4.69) is 379 Å². The van der Waals surface area contributed by atoms with Crippen LogP contribution in [0.2, 0.25) is 0 Å². The van der Waals surface area contributed by atoms with Crippen molar-refractivity contribution in [2.24, 2.45) is 0 Å². The number of para-hydroxylation sites is 8. The molecule has 416 valence electrons. The molecule has 0 spiro atoms. The Morgan fingerprint density at radius 2 is 0.279 bits per heavy atom. The fraction of sp³-hybridized carbons (Fsp3) is 0.0513.